The molecule has 140 valence electrons. The van der Waals surface area contributed by atoms with E-state index in [0.29, 0.717) is 5.56 Å². The van der Waals surface area contributed by atoms with Crippen molar-refractivity contribution in [2.75, 3.05) is 6.54 Å². The lowest BCUT2D eigenvalue weighted by Gasteiger charge is -2.15. The molecule has 2 N–H and O–H groups in total. The predicted molar refractivity (Wildman–Crippen MR) is 98.3 cm³/mol. The van der Waals surface area contributed by atoms with E-state index in [-0.39, 0.29) is 29.4 Å². The number of sulfonamides is 1. The summed E-state index contributed by atoms with van der Waals surface area (Å²) in [7, 11) is -3.69. The summed E-state index contributed by atoms with van der Waals surface area (Å²) in [4.78, 5) is 16.4. The van der Waals surface area contributed by atoms with Crippen molar-refractivity contribution in [1.29, 1.82) is 0 Å². The van der Waals surface area contributed by atoms with Gasteiger partial charge in [0.2, 0.25) is 10.0 Å². The van der Waals surface area contributed by atoms with Crippen LogP contribution in [-0.4, -0.2) is 36.5 Å². The molecular weight excluding hydrogens is 352 g/mol. The molecule has 1 atom stereocenters. The number of nitrogens with zero attached hydrogens (tertiary/aromatic N) is 2. The number of amides is 1. The fourth-order valence-electron chi connectivity index (χ4n) is 3.09. The number of nitrogens with one attached hydrogen (secondary N) is 2. The van der Waals surface area contributed by atoms with E-state index in [1.807, 2.05) is 11.5 Å². The molecule has 1 aliphatic rings. The summed E-state index contributed by atoms with van der Waals surface area (Å²) in [5.41, 5.74) is 0.363. The summed E-state index contributed by atoms with van der Waals surface area (Å²) < 4.78 is 29.5. The average Bonchev–Trinajstić information content (AvgIpc) is 3.33. The minimum absolute atomic E-state index is 0.0684. The lowest BCUT2D eigenvalue weighted by molar-refractivity contribution is 0.0937. The maximum absolute atomic E-state index is 12.6. The van der Waals surface area contributed by atoms with Gasteiger partial charge in [0.25, 0.3) is 5.91 Å². The Balaban J connectivity index is 1.66. The lowest BCUT2D eigenvalue weighted by Crippen LogP contribution is -2.33. The molecule has 1 heterocycles. The molecular formula is C18H24N4O3S. The largest absolute Gasteiger partial charge is 0.349 e. The van der Waals surface area contributed by atoms with Gasteiger partial charge in [0.1, 0.15) is 0 Å². The molecule has 1 amide bonds. The summed E-state index contributed by atoms with van der Waals surface area (Å²) >= 11 is 0. The number of benzene rings is 1. The van der Waals surface area contributed by atoms with Crippen LogP contribution < -0.4 is 10.0 Å². The second-order valence-corrected chi connectivity index (χ2v) is 8.46. The van der Waals surface area contributed by atoms with E-state index in [0.717, 1.165) is 25.7 Å². The van der Waals surface area contributed by atoms with E-state index in [9.17, 15) is 13.2 Å². The number of hydrogen-bond acceptors (Lipinski definition) is 4. The molecule has 1 saturated carbocycles. The van der Waals surface area contributed by atoms with Crippen molar-refractivity contribution < 1.29 is 13.2 Å². The van der Waals surface area contributed by atoms with Crippen LogP contribution in [-0.2, 0) is 10.0 Å². The molecule has 0 aliphatic heterocycles. The third kappa shape index (κ3) is 4.50. The Morgan fingerprint density at radius 3 is 2.81 bits per heavy atom. The molecule has 8 heteroatoms. The van der Waals surface area contributed by atoms with Gasteiger partial charge >= 0.3 is 0 Å². The lowest BCUT2D eigenvalue weighted by atomic mass is 10.2. The summed E-state index contributed by atoms with van der Waals surface area (Å²) in [6.45, 7) is 2.13. The van der Waals surface area contributed by atoms with Crippen LogP contribution in [0.3, 0.4) is 0 Å². The molecule has 0 spiro atoms. The highest BCUT2D eigenvalue weighted by atomic mass is 32.2. The number of aromatic nitrogens is 2. The minimum atomic E-state index is -3.69. The zero-order valence-electron chi connectivity index (χ0n) is 14.8. The normalized spacial score (nSPS) is 16.5. The first-order valence-electron chi connectivity index (χ1n) is 8.84. The molecule has 2 aromatic rings. The van der Waals surface area contributed by atoms with Crippen LogP contribution in [0.4, 0.5) is 0 Å². The maximum atomic E-state index is 12.6. The number of carbonyl (C=O) groups is 1. The Morgan fingerprint density at radius 2 is 2.12 bits per heavy atom. The second-order valence-electron chi connectivity index (χ2n) is 6.69. The fourth-order valence-corrected chi connectivity index (χ4v) is 4.26. The van der Waals surface area contributed by atoms with Gasteiger partial charge in [0, 0.05) is 36.6 Å². The van der Waals surface area contributed by atoms with Crippen LogP contribution in [0.25, 0.3) is 0 Å². The quantitative estimate of drug-likeness (QED) is 0.774. The first kappa shape index (κ1) is 18.6. The highest BCUT2D eigenvalue weighted by Crippen LogP contribution is 2.19. The van der Waals surface area contributed by atoms with E-state index in [1.165, 1.54) is 12.1 Å². The molecule has 1 fully saturated rings. The van der Waals surface area contributed by atoms with Crippen molar-refractivity contribution in [3.05, 3.63) is 48.5 Å². The van der Waals surface area contributed by atoms with E-state index in [4.69, 9.17) is 0 Å². The Hall–Kier alpha value is -2.19. The third-order valence-electron chi connectivity index (χ3n) is 4.70. The van der Waals surface area contributed by atoms with Crippen LogP contribution in [0.2, 0.25) is 0 Å². The number of hydrogen-bond donors (Lipinski definition) is 2. The van der Waals surface area contributed by atoms with Gasteiger partial charge in [-0.05, 0) is 38.0 Å². The van der Waals surface area contributed by atoms with E-state index in [2.05, 4.69) is 15.0 Å². The van der Waals surface area contributed by atoms with E-state index < -0.39 is 10.0 Å². The second kappa shape index (κ2) is 8.01. The first-order chi connectivity index (χ1) is 12.5. The van der Waals surface area contributed by atoms with Crippen molar-refractivity contribution in [3.8, 4) is 0 Å². The standard InChI is InChI=1S/C18H24N4O3S/c1-14(22-10-9-19-13-22)12-20-26(24,25)17-8-4-5-15(11-17)18(23)21-16-6-2-3-7-16/h4-5,8-11,13-14,16,20H,2-3,6-7,12H2,1H3,(H,21,23)/t14-/m0/s1. The molecule has 0 saturated heterocycles. The van der Waals surface area contributed by atoms with Crippen molar-refractivity contribution in [2.45, 2.75) is 49.6 Å². The van der Waals surface area contributed by atoms with Gasteiger partial charge in [0.15, 0.2) is 0 Å². The predicted octanol–water partition coefficient (Wildman–Crippen LogP) is 2.09. The average molecular weight is 376 g/mol. The van der Waals surface area contributed by atoms with Gasteiger partial charge in [-0.2, -0.15) is 0 Å². The molecule has 1 aliphatic carbocycles. The highest BCUT2D eigenvalue weighted by Gasteiger charge is 2.20. The minimum Gasteiger partial charge on any atom is -0.349 e. The monoisotopic (exact) mass is 376 g/mol. The Kier molecular flexibility index (Phi) is 5.73. The third-order valence-corrected chi connectivity index (χ3v) is 6.12. The topological polar surface area (TPSA) is 93.1 Å². The number of carbonyl (C=O) groups excluding carboxylic acids is 1. The van der Waals surface area contributed by atoms with Crippen molar-refractivity contribution in [1.82, 2.24) is 19.6 Å². The van der Waals surface area contributed by atoms with E-state index in [1.54, 1.807) is 30.9 Å². The first-order valence-corrected chi connectivity index (χ1v) is 10.3. The fraction of sp³-hybridized carbons (Fsp3) is 0.444. The molecule has 7 nitrogen and oxygen atoms in total. The Bertz CT molecular complexity index is 843. The smallest absolute Gasteiger partial charge is 0.251 e. The van der Waals surface area contributed by atoms with Gasteiger partial charge in [-0.15, -0.1) is 0 Å². The molecule has 0 unspecified atom stereocenters. The van der Waals surface area contributed by atoms with Gasteiger partial charge in [-0.25, -0.2) is 18.1 Å². The SMILES string of the molecule is C[C@@H](CNS(=O)(=O)c1cccc(C(=O)NC2CCCC2)c1)n1ccnc1. The van der Waals surface area contributed by atoms with Crippen molar-refractivity contribution >= 4 is 15.9 Å². The van der Waals surface area contributed by atoms with Crippen LogP contribution in [0.1, 0.15) is 49.0 Å². The van der Waals surface area contributed by atoms with Crippen LogP contribution in [0, 0.1) is 0 Å². The maximum Gasteiger partial charge on any atom is 0.251 e. The Morgan fingerprint density at radius 1 is 1.35 bits per heavy atom. The number of rotatable bonds is 7. The van der Waals surface area contributed by atoms with Crippen LogP contribution in [0.5, 0.6) is 0 Å². The van der Waals surface area contributed by atoms with Crippen LogP contribution >= 0.6 is 0 Å². The molecule has 1 aromatic heterocycles. The molecule has 0 bridgehead atoms. The summed E-state index contributed by atoms with van der Waals surface area (Å²) in [5, 5.41) is 2.98. The molecule has 26 heavy (non-hydrogen) atoms. The zero-order chi connectivity index (χ0) is 18.6. The summed E-state index contributed by atoms with van der Waals surface area (Å²) in [5.74, 6) is -0.222. The molecule has 1 aromatic carbocycles. The van der Waals surface area contributed by atoms with Crippen molar-refractivity contribution in [2.24, 2.45) is 0 Å². The summed E-state index contributed by atoms with van der Waals surface area (Å²) in [6, 6.07) is 6.28. The zero-order valence-corrected chi connectivity index (χ0v) is 15.6. The van der Waals surface area contributed by atoms with Gasteiger partial charge in [0.05, 0.1) is 11.2 Å². The van der Waals surface area contributed by atoms with E-state index >= 15 is 0 Å². The molecule has 3 rings (SSSR count). The van der Waals surface area contributed by atoms with Crippen molar-refractivity contribution in [3.63, 3.8) is 0 Å². The molecule has 0 radical (unpaired) electrons. The van der Waals surface area contributed by atoms with Gasteiger partial charge in [-0.3, -0.25) is 4.79 Å². The number of imidazole rings is 1. The van der Waals surface area contributed by atoms with Gasteiger partial charge in [-0.1, -0.05) is 18.9 Å². The van der Waals surface area contributed by atoms with Crippen LogP contribution in [0.15, 0.2) is 47.9 Å². The van der Waals surface area contributed by atoms with Gasteiger partial charge < -0.3 is 9.88 Å². The summed E-state index contributed by atoms with van der Waals surface area (Å²) in [6.07, 6.45) is 9.29. The highest BCUT2D eigenvalue weighted by molar-refractivity contribution is 7.89. The Labute approximate surface area is 153 Å².